The predicted molar refractivity (Wildman–Crippen MR) is 108 cm³/mol. The summed E-state index contributed by atoms with van der Waals surface area (Å²) < 4.78 is 0.134. The summed E-state index contributed by atoms with van der Waals surface area (Å²) in [5.41, 5.74) is 0. The molecule has 0 fully saturated rings. The standard InChI is InChI=1S/C22H48NO/c1-5-7-8-9-10-11-12-13-14-15-16-17-18-19-20-21-22(6-2)23(3,4)24/h22,24H,5-21H2,1-4H3/q+1. The van der Waals surface area contributed by atoms with Crippen molar-refractivity contribution in [2.45, 2.75) is 129 Å². The minimum atomic E-state index is 0.134. The smallest absolute Gasteiger partial charge is 0.118 e. The zero-order valence-electron chi connectivity index (χ0n) is 17.5. The second-order valence-electron chi connectivity index (χ2n) is 8.28. The lowest BCUT2D eigenvalue weighted by Crippen LogP contribution is -2.45. The Bertz CT molecular complexity index is 247. The molecule has 0 aromatic rings. The molecule has 0 rings (SSSR count). The molecule has 24 heavy (non-hydrogen) atoms. The van der Waals surface area contributed by atoms with Crippen molar-refractivity contribution in [3.8, 4) is 0 Å². The first kappa shape index (κ1) is 23.9. The van der Waals surface area contributed by atoms with Gasteiger partial charge in [0.15, 0.2) is 0 Å². The predicted octanol–water partition coefficient (Wildman–Crippen LogP) is 7.49. The molecular formula is C22H48NO+. The fourth-order valence-electron chi connectivity index (χ4n) is 3.72. The quantitative estimate of drug-likeness (QED) is 0.155. The van der Waals surface area contributed by atoms with Gasteiger partial charge in [-0.15, -0.1) is 0 Å². The maximum absolute atomic E-state index is 10.0. The molecule has 0 aromatic carbocycles. The molecule has 1 N–H and O–H groups in total. The van der Waals surface area contributed by atoms with Crippen molar-refractivity contribution < 1.29 is 9.85 Å². The molecule has 2 nitrogen and oxygen atoms in total. The second-order valence-corrected chi connectivity index (χ2v) is 8.28. The first-order chi connectivity index (χ1) is 11.5. The van der Waals surface area contributed by atoms with Crippen LogP contribution in [0.5, 0.6) is 0 Å². The molecule has 1 unspecified atom stereocenters. The summed E-state index contributed by atoms with van der Waals surface area (Å²) in [6.07, 6.45) is 23.5. The average molecular weight is 343 g/mol. The maximum atomic E-state index is 10.0. The van der Waals surface area contributed by atoms with E-state index in [4.69, 9.17) is 0 Å². The maximum Gasteiger partial charge on any atom is 0.118 e. The van der Waals surface area contributed by atoms with Crippen LogP contribution in [0.25, 0.3) is 0 Å². The van der Waals surface area contributed by atoms with Gasteiger partial charge >= 0.3 is 0 Å². The van der Waals surface area contributed by atoms with Crippen LogP contribution in [0.15, 0.2) is 0 Å². The Hall–Kier alpha value is -0.0800. The summed E-state index contributed by atoms with van der Waals surface area (Å²) in [6.45, 7) is 4.48. The molecule has 0 aliphatic rings. The van der Waals surface area contributed by atoms with Crippen LogP contribution in [0.3, 0.4) is 0 Å². The molecule has 0 spiro atoms. The van der Waals surface area contributed by atoms with E-state index in [0.717, 1.165) is 12.8 Å². The summed E-state index contributed by atoms with van der Waals surface area (Å²) in [5, 5.41) is 10.0. The lowest BCUT2D eigenvalue weighted by molar-refractivity contribution is -1.09. The van der Waals surface area contributed by atoms with E-state index in [2.05, 4.69) is 13.8 Å². The van der Waals surface area contributed by atoms with Crippen LogP contribution in [-0.4, -0.2) is 30.0 Å². The van der Waals surface area contributed by atoms with Crippen LogP contribution in [0.1, 0.15) is 123 Å². The van der Waals surface area contributed by atoms with Gasteiger partial charge in [0.25, 0.3) is 0 Å². The van der Waals surface area contributed by atoms with E-state index in [1.807, 2.05) is 14.1 Å². The number of quaternary nitrogens is 1. The molecule has 0 radical (unpaired) electrons. The molecule has 0 bridgehead atoms. The van der Waals surface area contributed by atoms with E-state index >= 15 is 0 Å². The van der Waals surface area contributed by atoms with Crippen molar-refractivity contribution in [1.29, 1.82) is 0 Å². The molecule has 0 aliphatic heterocycles. The molecular weight excluding hydrogens is 294 g/mol. The zero-order valence-corrected chi connectivity index (χ0v) is 17.5. The van der Waals surface area contributed by atoms with E-state index in [1.54, 1.807) is 0 Å². The van der Waals surface area contributed by atoms with Crippen molar-refractivity contribution >= 4 is 0 Å². The van der Waals surface area contributed by atoms with Gasteiger partial charge in [-0.3, -0.25) is 0 Å². The highest BCUT2D eigenvalue weighted by Gasteiger charge is 2.23. The summed E-state index contributed by atoms with van der Waals surface area (Å²) in [4.78, 5) is 0. The van der Waals surface area contributed by atoms with Gasteiger partial charge in [-0.2, -0.15) is 4.65 Å². The van der Waals surface area contributed by atoms with Gasteiger partial charge in [-0.1, -0.05) is 104 Å². The zero-order chi connectivity index (χ0) is 18.1. The van der Waals surface area contributed by atoms with Crippen LogP contribution < -0.4 is 0 Å². The Morgan fingerprint density at radius 3 is 1.21 bits per heavy atom. The van der Waals surface area contributed by atoms with Crippen LogP contribution in [0.2, 0.25) is 0 Å². The van der Waals surface area contributed by atoms with Crippen LogP contribution in [0.4, 0.5) is 0 Å². The van der Waals surface area contributed by atoms with Gasteiger partial charge in [-0.05, 0) is 12.8 Å². The van der Waals surface area contributed by atoms with E-state index in [0.29, 0.717) is 6.04 Å². The second kappa shape index (κ2) is 16.4. The summed E-state index contributed by atoms with van der Waals surface area (Å²) >= 11 is 0. The third-order valence-electron chi connectivity index (χ3n) is 5.51. The molecule has 0 saturated carbocycles. The summed E-state index contributed by atoms with van der Waals surface area (Å²) in [7, 11) is 3.80. The highest BCUT2D eigenvalue weighted by molar-refractivity contribution is 4.55. The van der Waals surface area contributed by atoms with E-state index in [-0.39, 0.29) is 4.65 Å². The number of rotatable bonds is 18. The summed E-state index contributed by atoms with van der Waals surface area (Å²) in [5.74, 6) is 0. The molecule has 1 atom stereocenters. The van der Waals surface area contributed by atoms with E-state index in [1.165, 1.54) is 96.3 Å². The normalized spacial score (nSPS) is 13.4. The van der Waals surface area contributed by atoms with Crippen LogP contribution >= 0.6 is 0 Å². The molecule has 0 aromatic heterocycles. The minimum absolute atomic E-state index is 0.134. The lowest BCUT2D eigenvalue weighted by Gasteiger charge is -2.29. The van der Waals surface area contributed by atoms with Crippen molar-refractivity contribution in [2.75, 3.05) is 14.1 Å². The molecule has 146 valence electrons. The van der Waals surface area contributed by atoms with Crippen molar-refractivity contribution in [3.05, 3.63) is 0 Å². The van der Waals surface area contributed by atoms with Crippen LogP contribution in [-0.2, 0) is 0 Å². The van der Waals surface area contributed by atoms with Gasteiger partial charge in [0.05, 0.1) is 14.1 Å². The van der Waals surface area contributed by atoms with Crippen molar-refractivity contribution in [2.24, 2.45) is 0 Å². The Balaban J connectivity index is 3.20. The Kier molecular flexibility index (Phi) is 16.3. The highest BCUT2D eigenvalue weighted by atomic mass is 16.5. The van der Waals surface area contributed by atoms with Gasteiger partial charge in [0.2, 0.25) is 0 Å². The Labute approximate surface area is 153 Å². The van der Waals surface area contributed by atoms with Crippen molar-refractivity contribution in [1.82, 2.24) is 0 Å². The van der Waals surface area contributed by atoms with Gasteiger partial charge < -0.3 is 0 Å². The molecule has 2 heteroatoms. The number of hydrogen-bond donors (Lipinski definition) is 1. The molecule has 0 saturated heterocycles. The highest BCUT2D eigenvalue weighted by Crippen LogP contribution is 2.17. The SMILES string of the molecule is CCCCCCCCCCCCCCCCCC(CC)[N+](C)(C)O. The molecule has 0 amide bonds. The fraction of sp³-hybridized carbons (Fsp3) is 1.00. The third-order valence-corrected chi connectivity index (χ3v) is 5.51. The van der Waals surface area contributed by atoms with Gasteiger partial charge in [-0.25, -0.2) is 5.21 Å². The first-order valence-corrected chi connectivity index (χ1v) is 11.1. The number of nitrogens with zero attached hydrogens (tertiary/aromatic N) is 1. The minimum Gasteiger partial charge on any atom is -0.217 e. The molecule has 0 aliphatic carbocycles. The van der Waals surface area contributed by atoms with Gasteiger partial charge in [0.1, 0.15) is 6.04 Å². The first-order valence-electron chi connectivity index (χ1n) is 11.1. The molecule has 0 heterocycles. The Morgan fingerprint density at radius 1 is 0.583 bits per heavy atom. The Morgan fingerprint density at radius 2 is 0.917 bits per heavy atom. The average Bonchev–Trinajstić information content (AvgIpc) is 2.53. The monoisotopic (exact) mass is 342 g/mol. The number of unbranched alkanes of at least 4 members (excludes halogenated alkanes) is 14. The van der Waals surface area contributed by atoms with E-state index < -0.39 is 0 Å². The largest absolute Gasteiger partial charge is 0.217 e. The number of hydrogen-bond acceptors (Lipinski definition) is 1. The van der Waals surface area contributed by atoms with Crippen LogP contribution in [0, 0.1) is 0 Å². The third kappa shape index (κ3) is 15.4. The van der Waals surface area contributed by atoms with Crippen molar-refractivity contribution in [3.63, 3.8) is 0 Å². The van der Waals surface area contributed by atoms with Gasteiger partial charge in [0, 0.05) is 6.42 Å². The lowest BCUT2D eigenvalue weighted by atomic mass is 10.0. The summed E-state index contributed by atoms with van der Waals surface area (Å²) in [6, 6.07) is 0.409. The fourth-order valence-corrected chi connectivity index (χ4v) is 3.72. The van der Waals surface area contributed by atoms with E-state index in [9.17, 15) is 5.21 Å². The number of hydroxylamine groups is 3. The topological polar surface area (TPSA) is 20.2 Å².